The predicted octanol–water partition coefficient (Wildman–Crippen LogP) is 2.95. The van der Waals surface area contributed by atoms with Gasteiger partial charge in [0.25, 0.3) is 0 Å². The molecule has 82 valence electrons. The van der Waals surface area contributed by atoms with E-state index in [9.17, 15) is 4.39 Å². The number of halogens is 2. The Morgan fingerprint density at radius 3 is 2.88 bits per heavy atom. The molecule has 1 heterocycles. The zero-order valence-electron chi connectivity index (χ0n) is 8.02. The van der Waals surface area contributed by atoms with Crippen LogP contribution in [0.2, 0.25) is 0 Å². The van der Waals surface area contributed by atoms with Gasteiger partial charge in [-0.05, 0) is 40.8 Å². The number of nitrogens with two attached hydrogens (primary N) is 1. The standard InChI is InChI=1S/C10H7FIN3S/c11-6-3-9(8(13)4-7(6)12)16-10-1-2-14-5-15-10/h1-5H,13H2. The van der Waals surface area contributed by atoms with Crippen molar-refractivity contribution in [1.82, 2.24) is 9.97 Å². The Balaban J connectivity index is 2.32. The summed E-state index contributed by atoms with van der Waals surface area (Å²) in [5.74, 6) is -0.272. The summed E-state index contributed by atoms with van der Waals surface area (Å²) in [5.41, 5.74) is 6.35. The molecular formula is C10H7FIN3S. The summed E-state index contributed by atoms with van der Waals surface area (Å²) < 4.78 is 13.9. The van der Waals surface area contributed by atoms with E-state index in [0.29, 0.717) is 14.2 Å². The molecular weight excluding hydrogens is 340 g/mol. The first kappa shape index (κ1) is 11.6. The summed E-state index contributed by atoms with van der Waals surface area (Å²) in [6, 6.07) is 4.78. The third-order valence-electron chi connectivity index (χ3n) is 1.82. The third-order valence-corrected chi connectivity index (χ3v) is 3.67. The van der Waals surface area contributed by atoms with Crippen molar-refractivity contribution in [3.8, 4) is 0 Å². The van der Waals surface area contributed by atoms with Gasteiger partial charge in [-0.15, -0.1) is 0 Å². The number of benzene rings is 1. The lowest BCUT2D eigenvalue weighted by Gasteiger charge is -2.05. The van der Waals surface area contributed by atoms with Crippen LogP contribution in [0.15, 0.2) is 40.6 Å². The molecule has 0 radical (unpaired) electrons. The summed E-state index contributed by atoms with van der Waals surface area (Å²) in [6.45, 7) is 0. The molecule has 3 nitrogen and oxygen atoms in total. The first-order valence-corrected chi connectivity index (χ1v) is 6.25. The van der Waals surface area contributed by atoms with E-state index in [0.717, 1.165) is 5.03 Å². The minimum atomic E-state index is -0.272. The van der Waals surface area contributed by atoms with Gasteiger partial charge in [-0.3, -0.25) is 0 Å². The molecule has 0 unspecified atom stereocenters. The van der Waals surface area contributed by atoms with Crippen LogP contribution in [0.3, 0.4) is 0 Å². The lowest BCUT2D eigenvalue weighted by Crippen LogP contribution is -1.93. The zero-order chi connectivity index (χ0) is 11.5. The maximum atomic E-state index is 13.4. The van der Waals surface area contributed by atoms with Crippen molar-refractivity contribution < 1.29 is 4.39 Å². The van der Waals surface area contributed by atoms with Gasteiger partial charge < -0.3 is 5.73 Å². The minimum absolute atomic E-state index is 0.272. The fourth-order valence-corrected chi connectivity index (χ4v) is 2.37. The second-order valence-electron chi connectivity index (χ2n) is 2.95. The molecule has 2 N–H and O–H groups in total. The first-order valence-electron chi connectivity index (χ1n) is 4.35. The van der Waals surface area contributed by atoms with Gasteiger partial charge in [0.15, 0.2) is 0 Å². The van der Waals surface area contributed by atoms with E-state index in [4.69, 9.17) is 5.73 Å². The molecule has 0 aliphatic heterocycles. The molecule has 0 saturated carbocycles. The SMILES string of the molecule is Nc1cc(I)c(F)cc1Sc1ccncn1. The number of anilines is 1. The van der Waals surface area contributed by atoms with Crippen LogP contribution < -0.4 is 5.73 Å². The van der Waals surface area contributed by atoms with Gasteiger partial charge in [0.1, 0.15) is 17.2 Å². The Morgan fingerprint density at radius 2 is 2.19 bits per heavy atom. The Labute approximate surface area is 110 Å². The molecule has 6 heteroatoms. The topological polar surface area (TPSA) is 51.8 Å². The molecule has 0 aliphatic carbocycles. The molecule has 0 atom stereocenters. The molecule has 0 aliphatic rings. The third kappa shape index (κ3) is 2.62. The van der Waals surface area contributed by atoms with Crippen LogP contribution in [-0.4, -0.2) is 9.97 Å². The van der Waals surface area contributed by atoms with Gasteiger partial charge in [0.05, 0.1) is 3.57 Å². The van der Waals surface area contributed by atoms with E-state index < -0.39 is 0 Å². The van der Waals surface area contributed by atoms with Gasteiger partial charge in [0.2, 0.25) is 0 Å². The van der Waals surface area contributed by atoms with E-state index in [-0.39, 0.29) is 5.82 Å². The van der Waals surface area contributed by atoms with E-state index in [1.165, 1.54) is 24.2 Å². The van der Waals surface area contributed by atoms with Crippen molar-refractivity contribution in [3.63, 3.8) is 0 Å². The van der Waals surface area contributed by atoms with Crippen LogP contribution in [0, 0.1) is 9.39 Å². The van der Waals surface area contributed by atoms with E-state index in [1.807, 2.05) is 22.6 Å². The van der Waals surface area contributed by atoms with Gasteiger partial charge in [0, 0.05) is 16.8 Å². The summed E-state index contributed by atoms with van der Waals surface area (Å²) in [7, 11) is 0. The summed E-state index contributed by atoms with van der Waals surface area (Å²) >= 11 is 3.23. The highest BCUT2D eigenvalue weighted by Crippen LogP contribution is 2.32. The van der Waals surface area contributed by atoms with Crippen molar-refractivity contribution in [1.29, 1.82) is 0 Å². The first-order chi connectivity index (χ1) is 7.66. The van der Waals surface area contributed by atoms with Crippen molar-refractivity contribution in [2.75, 3.05) is 5.73 Å². The molecule has 0 fully saturated rings. The summed E-state index contributed by atoms with van der Waals surface area (Å²) in [4.78, 5) is 8.51. The average molecular weight is 347 g/mol. The number of hydrogen-bond acceptors (Lipinski definition) is 4. The van der Waals surface area contributed by atoms with Crippen LogP contribution >= 0.6 is 34.4 Å². The lowest BCUT2D eigenvalue weighted by atomic mass is 10.3. The molecule has 2 aromatic rings. The Hall–Kier alpha value is -0.890. The average Bonchev–Trinajstić information content (AvgIpc) is 2.27. The van der Waals surface area contributed by atoms with E-state index >= 15 is 0 Å². The van der Waals surface area contributed by atoms with E-state index in [2.05, 4.69) is 9.97 Å². The molecule has 0 saturated heterocycles. The van der Waals surface area contributed by atoms with Crippen LogP contribution in [0.4, 0.5) is 10.1 Å². The summed E-state index contributed by atoms with van der Waals surface area (Å²) in [6.07, 6.45) is 3.08. The molecule has 16 heavy (non-hydrogen) atoms. The van der Waals surface area contributed by atoms with E-state index in [1.54, 1.807) is 18.3 Å². The zero-order valence-corrected chi connectivity index (χ0v) is 11.0. The number of aromatic nitrogens is 2. The van der Waals surface area contributed by atoms with Crippen molar-refractivity contribution in [3.05, 3.63) is 40.1 Å². The molecule has 2 rings (SSSR count). The maximum Gasteiger partial charge on any atom is 0.137 e. The monoisotopic (exact) mass is 347 g/mol. The van der Waals surface area contributed by atoms with Gasteiger partial charge in [-0.2, -0.15) is 0 Å². The van der Waals surface area contributed by atoms with Gasteiger partial charge in [-0.1, -0.05) is 11.8 Å². The quantitative estimate of drug-likeness (QED) is 0.516. The minimum Gasteiger partial charge on any atom is -0.398 e. The highest BCUT2D eigenvalue weighted by atomic mass is 127. The largest absolute Gasteiger partial charge is 0.398 e. The van der Waals surface area contributed by atoms with Crippen molar-refractivity contribution >= 4 is 40.0 Å². The number of nitrogen functional groups attached to an aromatic ring is 1. The molecule has 1 aromatic heterocycles. The molecule has 0 bridgehead atoms. The fourth-order valence-electron chi connectivity index (χ4n) is 1.08. The fraction of sp³-hybridized carbons (Fsp3) is 0. The van der Waals surface area contributed by atoms with Gasteiger partial charge in [-0.25, -0.2) is 14.4 Å². The lowest BCUT2D eigenvalue weighted by molar-refractivity contribution is 0.617. The highest BCUT2D eigenvalue weighted by Gasteiger charge is 2.07. The number of nitrogens with zero attached hydrogens (tertiary/aromatic N) is 2. The second kappa shape index (κ2) is 4.96. The molecule has 0 spiro atoms. The Bertz CT molecular complexity index is 507. The van der Waals surface area contributed by atoms with Gasteiger partial charge >= 0.3 is 0 Å². The number of rotatable bonds is 2. The predicted molar refractivity (Wildman–Crippen MR) is 69.7 cm³/mol. The number of hydrogen-bond donors (Lipinski definition) is 1. The maximum absolute atomic E-state index is 13.4. The van der Waals surface area contributed by atoms with Crippen LogP contribution in [-0.2, 0) is 0 Å². The van der Waals surface area contributed by atoms with Crippen molar-refractivity contribution in [2.24, 2.45) is 0 Å². The van der Waals surface area contributed by atoms with Crippen LogP contribution in [0.25, 0.3) is 0 Å². The normalized spacial score (nSPS) is 10.4. The van der Waals surface area contributed by atoms with Crippen LogP contribution in [0.5, 0.6) is 0 Å². The smallest absolute Gasteiger partial charge is 0.137 e. The Kier molecular flexibility index (Phi) is 3.59. The second-order valence-corrected chi connectivity index (χ2v) is 5.18. The van der Waals surface area contributed by atoms with Crippen LogP contribution in [0.1, 0.15) is 0 Å². The molecule has 1 aromatic carbocycles. The highest BCUT2D eigenvalue weighted by molar-refractivity contribution is 14.1. The Morgan fingerprint density at radius 1 is 1.38 bits per heavy atom. The van der Waals surface area contributed by atoms with Crippen molar-refractivity contribution in [2.45, 2.75) is 9.92 Å². The summed E-state index contributed by atoms with van der Waals surface area (Å²) in [5, 5.41) is 0.738. The molecule has 0 amide bonds.